The van der Waals surface area contributed by atoms with Crippen LogP contribution in [0.4, 0.5) is 0 Å². The first-order chi connectivity index (χ1) is 7.84. The normalized spacial score (nSPS) is 20.2. The van der Waals surface area contributed by atoms with E-state index in [4.69, 9.17) is 17.3 Å². The summed E-state index contributed by atoms with van der Waals surface area (Å²) in [6.07, 6.45) is 1.50. The Bertz CT molecular complexity index is 450. The van der Waals surface area contributed by atoms with E-state index >= 15 is 0 Å². The molecule has 0 spiro atoms. The summed E-state index contributed by atoms with van der Waals surface area (Å²) in [5.74, 6) is -1.13. The van der Waals surface area contributed by atoms with Gasteiger partial charge in [0.05, 0.1) is 4.92 Å². The van der Waals surface area contributed by atoms with E-state index in [9.17, 15) is 14.9 Å². The molecule has 1 N–H and O–H groups in total. The van der Waals surface area contributed by atoms with Crippen molar-refractivity contribution in [3.63, 3.8) is 0 Å². The quantitative estimate of drug-likeness (QED) is 0.474. The Balaban J connectivity index is 3.10. The van der Waals surface area contributed by atoms with Crippen LogP contribution in [-0.4, -0.2) is 20.9 Å². The topological polar surface area (TPSA) is 80.4 Å². The Labute approximate surface area is 104 Å². The standard InChI is InChI=1S/C11H13NO4S/c1-6-5-9(12(15)16)8(3-4-10(13)14)7(2)11(6)17/h5-6H,3-4H2,1-2H3,(H,13,14). The zero-order valence-electron chi connectivity index (χ0n) is 9.60. The molecule has 1 aliphatic carbocycles. The molecule has 0 amide bonds. The second kappa shape index (κ2) is 5.18. The van der Waals surface area contributed by atoms with E-state index in [1.54, 1.807) is 13.8 Å². The maximum absolute atomic E-state index is 10.9. The molecule has 92 valence electrons. The minimum absolute atomic E-state index is 0.00940. The molecular formula is C11H13NO4S. The molecular weight excluding hydrogens is 242 g/mol. The first-order valence-corrected chi connectivity index (χ1v) is 5.57. The molecule has 0 radical (unpaired) electrons. The van der Waals surface area contributed by atoms with Gasteiger partial charge in [0, 0.05) is 28.9 Å². The Morgan fingerprint density at radius 3 is 2.71 bits per heavy atom. The van der Waals surface area contributed by atoms with Crippen molar-refractivity contribution in [3.8, 4) is 0 Å². The molecule has 1 rings (SSSR count). The Morgan fingerprint density at radius 1 is 1.65 bits per heavy atom. The van der Waals surface area contributed by atoms with E-state index in [0.717, 1.165) is 0 Å². The number of carboxylic acids is 1. The van der Waals surface area contributed by atoms with Gasteiger partial charge in [-0.15, -0.1) is 0 Å². The van der Waals surface area contributed by atoms with Gasteiger partial charge in [0.25, 0.3) is 5.70 Å². The lowest BCUT2D eigenvalue weighted by Crippen LogP contribution is -2.20. The first-order valence-electron chi connectivity index (χ1n) is 5.17. The monoisotopic (exact) mass is 255 g/mol. The van der Waals surface area contributed by atoms with Crippen molar-refractivity contribution in [3.05, 3.63) is 33.0 Å². The zero-order chi connectivity index (χ0) is 13.2. The van der Waals surface area contributed by atoms with Crippen LogP contribution in [0.2, 0.25) is 0 Å². The summed E-state index contributed by atoms with van der Waals surface area (Å²) in [7, 11) is 0. The lowest BCUT2D eigenvalue weighted by molar-refractivity contribution is -0.421. The van der Waals surface area contributed by atoms with E-state index in [1.807, 2.05) is 0 Å². The predicted octanol–water partition coefficient (Wildman–Crippen LogP) is 2.35. The summed E-state index contributed by atoms with van der Waals surface area (Å²) in [5, 5.41) is 19.5. The molecule has 0 aliphatic heterocycles. The Morgan fingerprint density at radius 2 is 2.24 bits per heavy atom. The molecule has 1 aliphatic rings. The van der Waals surface area contributed by atoms with Crippen LogP contribution in [0.1, 0.15) is 26.7 Å². The zero-order valence-corrected chi connectivity index (χ0v) is 10.4. The third kappa shape index (κ3) is 2.97. The molecule has 0 aromatic carbocycles. The molecule has 6 heteroatoms. The molecule has 5 nitrogen and oxygen atoms in total. The third-order valence-corrected chi connectivity index (χ3v) is 3.42. The van der Waals surface area contributed by atoms with Crippen LogP contribution in [0.5, 0.6) is 0 Å². The van der Waals surface area contributed by atoms with Crippen LogP contribution in [0.3, 0.4) is 0 Å². The van der Waals surface area contributed by atoms with Crippen LogP contribution in [0, 0.1) is 16.0 Å². The average Bonchev–Trinajstić information content (AvgIpc) is 2.23. The molecule has 0 aromatic rings. The van der Waals surface area contributed by atoms with Crippen LogP contribution in [0.25, 0.3) is 0 Å². The second-order valence-electron chi connectivity index (χ2n) is 3.96. The van der Waals surface area contributed by atoms with Crippen LogP contribution in [0.15, 0.2) is 22.9 Å². The fraction of sp³-hybridized carbons (Fsp3) is 0.455. The van der Waals surface area contributed by atoms with Crippen molar-refractivity contribution in [2.45, 2.75) is 26.7 Å². The summed E-state index contributed by atoms with van der Waals surface area (Å²) in [6.45, 7) is 3.51. The lowest BCUT2D eigenvalue weighted by Gasteiger charge is -2.19. The van der Waals surface area contributed by atoms with E-state index in [-0.39, 0.29) is 24.5 Å². The highest BCUT2D eigenvalue weighted by atomic mass is 32.1. The van der Waals surface area contributed by atoms with Gasteiger partial charge in [0.2, 0.25) is 0 Å². The fourth-order valence-corrected chi connectivity index (χ4v) is 2.01. The molecule has 0 aromatic heterocycles. The van der Waals surface area contributed by atoms with E-state index in [0.29, 0.717) is 16.0 Å². The van der Waals surface area contributed by atoms with E-state index in [2.05, 4.69) is 0 Å². The molecule has 1 unspecified atom stereocenters. The molecule has 0 saturated carbocycles. The first kappa shape index (κ1) is 13.5. The summed E-state index contributed by atoms with van der Waals surface area (Å²) < 4.78 is 0. The maximum Gasteiger partial charge on any atom is 0.303 e. The van der Waals surface area contributed by atoms with Gasteiger partial charge in [-0.2, -0.15) is 0 Å². The van der Waals surface area contributed by atoms with Crippen LogP contribution in [-0.2, 0) is 4.79 Å². The van der Waals surface area contributed by atoms with Gasteiger partial charge < -0.3 is 5.11 Å². The number of allylic oxidation sites excluding steroid dienone is 3. The van der Waals surface area contributed by atoms with Gasteiger partial charge in [-0.1, -0.05) is 19.1 Å². The van der Waals surface area contributed by atoms with Gasteiger partial charge in [-0.05, 0) is 18.9 Å². The molecule has 17 heavy (non-hydrogen) atoms. The molecule has 0 bridgehead atoms. The van der Waals surface area contributed by atoms with Gasteiger partial charge in [0.1, 0.15) is 0 Å². The maximum atomic E-state index is 10.9. The van der Waals surface area contributed by atoms with Crippen molar-refractivity contribution in [2.75, 3.05) is 0 Å². The van der Waals surface area contributed by atoms with Crippen molar-refractivity contribution in [2.24, 2.45) is 5.92 Å². The highest BCUT2D eigenvalue weighted by molar-refractivity contribution is 7.80. The largest absolute Gasteiger partial charge is 0.481 e. The highest BCUT2D eigenvalue weighted by Crippen LogP contribution is 2.30. The van der Waals surface area contributed by atoms with Crippen molar-refractivity contribution in [1.82, 2.24) is 0 Å². The molecule has 0 heterocycles. The van der Waals surface area contributed by atoms with Crippen molar-refractivity contribution in [1.29, 1.82) is 0 Å². The van der Waals surface area contributed by atoms with Gasteiger partial charge in [-0.3, -0.25) is 14.9 Å². The highest BCUT2D eigenvalue weighted by Gasteiger charge is 2.29. The van der Waals surface area contributed by atoms with Gasteiger partial charge >= 0.3 is 5.97 Å². The third-order valence-electron chi connectivity index (χ3n) is 2.74. The minimum atomic E-state index is -0.975. The molecule has 1 atom stereocenters. The summed E-state index contributed by atoms with van der Waals surface area (Å²) in [4.78, 5) is 21.6. The number of rotatable bonds is 4. The summed E-state index contributed by atoms with van der Waals surface area (Å²) in [5.41, 5.74) is 1.10. The lowest BCUT2D eigenvalue weighted by atomic mass is 9.87. The summed E-state index contributed by atoms with van der Waals surface area (Å²) >= 11 is 5.18. The summed E-state index contributed by atoms with van der Waals surface area (Å²) in [6, 6.07) is 0. The number of hydrogen-bond acceptors (Lipinski definition) is 4. The number of thiocarbonyl (C=S) groups is 1. The Kier molecular flexibility index (Phi) is 4.11. The number of aliphatic carboxylic acids is 1. The number of hydrogen-bond donors (Lipinski definition) is 1. The van der Waals surface area contributed by atoms with Crippen molar-refractivity contribution >= 4 is 23.1 Å². The smallest absolute Gasteiger partial charge is 0.303 e. The Hall–Kier alpha value is -1.56. The second-order valence-corrected chi connectivity index (χ2v) is 4.40. The minimum Gasteiger partial charge on any atom is -0.481 e. The number of carbonyl (C=O) groups is 1. The van der Waals surface area contributed by atoms with Crippen LogP contribution < -0.4 is 0 Å². The number of nitro groups is 1. The number of nitrogens with zero attached hydrogens (tertiary/aromatic N) is 1. The molecule has 0 fully saturated rings. The molecule has 0 saturated heterocycles. The van der Waals surface area contributed by atoms with Crippen LogP contribution >= 0.6 is 12.2 Å². The number of carboxylic acid groups (broad SMARTS) is 1. The van der Waals surface area contributed by atoms with E-state index < -0.39 is 10.9 Å². The van der Waals surface area contributed by atoms with Crippen molar-refractivity contribution < 1.29 is 14.8 Å². The van der Waals surface area contributed by atoms with Gasteiger partial charge in [0.15, 0.2) is 0 Å². The average molecular weight is 255 g/mol. The predicted molar refractivity (Wildman–Crippen MR) is 66.4 cm³/mol. The van der Waals surface area contributed by atoms with Gasteiger partial charge in [-0.25, -0.2) is 0 Å². The fourth-order valence-electron chi connectivity index (χ4n) is 1.81. The SMILES string of the molecule is CC1=C(CCC(=O)O)C([N+](=O)[O-])=CC(C)C1=S. The van der Waals surface area contributed by atoms with E-state index in [1.165, 1.54) is 6.08 Å².